The van der Waals surface area contributed by atoms with Gasteiger partial charge in [0.1, 0.15) is 0 Å². The Morgan fingerprint density at radius 1 is 1.50 bits per heavy atom. The van der Waals surface area contributed by atoms with Gasteiger partial charge in [-0.25, -0.2) is 0 Å². The second kappa shape index (κ2) is 2.87. The first-order valence-corrected chi connectivity index (χ1v) is 3.57. The minimum atomic E-state index is 0.0938. The van der Waals surface area contributed by atoms with E-state index in [0.29, 0.717) is 0 Å². The first-order valence-electron chi connectivity index (χ1n) is 3.57. The molecule has 1 rings (SSSR count). The van der Waals surface area contributed by atoms with Gasteiger partial charge in [-0.05, 0) is 25.2 Å². The topological polar surface area (TPSA) is 0 Å². The SMILES string of the molecule is [CH2]C1(CC=C)C=CC=CC1. The van der Waals surface area contributed by atoms with Crippen molar-refractivity contribution in [1.82, 2.24) is 0 Å². The van der Waals surface area contributed by atoms with Crippen LogP contribution in [0.3, 0.4) is 0 Å². The van der Waals surface area contributed by atoms with Crippen molar-refractivity contribution in [2.75, 3.05) is 0 Å². The third-order valence-corrected chi connectivity index (χ3v) is 1.77. The standard InChI is InChI=1S/C10H13/c1-3-7-10(2)8-5-4-6-9-10/h3-6,8H,1-2,7,9H2. The summed E-state index contributed by atoms with van der Waals surface area (Å²) in [6.07, 6.45) is 12.3. The van der Waals surface area contributed by atoms with Gasteiger partial charge >= 0.3 is 0 Å². The summed E-state index contributed by atoms with van der Waals surface area (Å²) in [5, 5.41) is 0. The normalized spacial score (nSPS) is 30.5. The molecule has 0 saturated carbocycles. The zero-order valence-corrected chi connectivity index (χ0v) is 6.22. The van der Waals surface area contributed by atoms with E-state index in [1.165, 1.54) is 0 Å². The van der Waals surface area contributed by atoms with Gasteiger partial charge in [-0.1, -0.05) is 30.4 Å². The Hall–Kier alpha value is -0.780. The largest absolute Gasteiger partial charge is 0.103 e. The van der Waals surface area contributed by atoms with Gasteiger partial charge in [0, 0.05) is 0 Å². The van der Waals surface area contributed by atoms with Gasteiger partial charge in [0.25, 0.3) is 0 Å². The molecule has 53 valence electrons. The average Bonchev–Trinajstić information content (AvgIpc) is 1.89. The molecular formula is C10H13. The van der Waals surface area contributed by atoms with Crippen molar-refractivity contribution in [3.63, 3.8) is 0 Å². The molecule has 0 spiro atoms. The Balaban J connectivity index is 2.60. The van der Waals surface area contributed by atoms with Crippen molar-refractivity contribution in [3.05, 3.63) is 43.9 Å². The van der Waals surface area contributed by atoms with Gasteiger partial charge in [0.15, 0.2) is 0 Å². The third-order valence-electron chi connectivity index (χ3n) is 1.77. The molecule has 1 atom stereocenters. The number of allylic oxidation sites excluding steroid dienone is 5. The molecule has 0 saturated heterocycles. The fourth-order valence-corrected chi connectivity index (χ4v) is 1.15. The molecule has 1 aliphatic rings. The van der Waals surface area contributed by atoms with Gasteiger partial charge in [-0.2, -0.15) is 0 Å². The molecule has 1 aliphatic carbocycles. The summed E-state index contributed by atoms with van der Waals surface area (Å²) in [7, 11) is 0. The summed E-state index contributed by atoms with van der Waals surface area (Å²) in [5.41, 5.74) is 0.0938. The van der Waals surface area contributed by atoms with Crippen molar-refractivity contribution < 1.29 is 0 Å². The van der Waals surface area contributed by atoms with Gasteiger partial charge < -0.3 is 0 Å². The minimum absolute atomic E-state index is 0.0938. The van der Waals surface area contributed by atoms with Crippen LogP contribution in [-0.4, -0.2) is 0 Å². The lowest BCUT2D eigenvalue weighted by atomic mass is 9.81. The van der Waals surface area contributed by atoms with E-state index in [1.807, 2.05) is 6.08 Å². The summed E-state index contributed by atoms with van der Waals surface area (Å²) < 4.78 is 0. The van der Waals surface area contributed by atoms with Crippen LogP contribution in [0.25, 0.3) is 0 Å². The van der Waals surface area contributed by atoms with Crippen LogP contribution in [0, 0.1) is 12.3 Å². The quantitative estimate of drug-likeness (QED) is 0.508. The minimum Gasteiger partial charge on any atom is -0.103 e. The highest BCUT2D eigenvalue weighted by atomic mass is 14.2. The van der Waals surface area contributed by atoms with E-state index < -0.39 is 0 Å². The van der Waals surface area contributed by atoms with Gasteiger partial charge in [0.2, 0.25) is 0 Å². The number of hydrogen-bond acceptors (Lipinski definition) is 0. The zero-order chi connectivity index (χ0) is 7.45. The molecule has 1 unspecified atom stereocenters. The molecule has 0 nitrogen and oxygen atoms in total. The van der Waals surface area contributed by atoms with Gasteiger partial charge in [0.05, 0.1) is 0 Å². The van der Waals surface area contributed by atoms with Crippen LogP contribution in [0.1, 0.15) is 12.8 Å². The van der Waals surface area contributed by atoms with E-state index >= 15 is 0 Å². The molecular weight excluding hydrogens is 120 g/mol. The van der Waals surface area contributed by atoms with Crippen LogP contribution >= 0.6 is 0 Å². The van der Waals surface area contributed by atoms with Crippen molar-refractivity contribution in [3.8, 4) is 0 Å². The maximum atomic E-state index is 4.11. The zero-order valence-electron chi connectivity index (χ0n) is 6.22. The molecule has 0 amide bonds. The summed E-state index contributed by atoms with van der Waals surface area (Å²) in [5.74, 6) is 0. The first kappa shape index (κ1) is 7.33. The van der Waals surface area contributed by atoms with Crippen molar-refractivity contribution in [2.24, 2.45) is 5.41 Å². The molecule has 0 bridgehead atoms. The van der Waals surface area contributed by atoms with Crippen LogP contribution in [0.2, 0.25) is 0 Å². The van der Waals surface area contributed by atoms with Crippen LogP contribution < -0.4 is 0 Å². The highest BCUT2D eigenvalue weighted by Gasteiger charge is 2.18. The maximum Gasteiger partial charge on any atom is -0.00459 e. The van der Waals surface area contributed by atoms with Crippen LogP contribution in [0.5, 0.6) is 0 Å². The molecule has 0 aliphatic heterocycles. The number of rotatable bonds is 2. The van der Waals surface area contributed by atoms with E-state index in [0.717, 1.165) is 12.8 Å². The predicted octanol–water partition coefficient (Wildman–Crippen LogP) is 2.90. The number of hydrogen-bond donors (Lipinski definition) is 0. The van der Waals surface area contributed by atoms with Gasteiger partial charge in [-0.3, -0.25) is 0 Å². The van der Waals surface area contributed by atoms with Crippen LogP contribution in [0.4, 0.5) is 0 Å². The Kier molecular flexibility index (Phi) is 2.10. The van der Waals surface area contributed by atoms with Crippen molar-refractivity contribution in [2.45, 2.75) is 12.8 Å². The van der Waals surface area contributed by atoms with Crippen molar-refractivity contribution in [1.29, 1.82) is 0 Å². The maximum absolute atomic E-state index is 4.11. The molecule has 0 aromatic rings. The molecule has 0 aromatic carbocycles. The van der Waals surface area contributed by atoms with Crippen molar-refractivity contribution >= 4 is 0 Å². The summed E-state index contributed by atoms with van der Waals surface area (Å²) in [6.45, 7) is 7.81. The fraction of sp³-hybridized carbons (Fsp3) is 0.300. The van der Waals surface area contributed by atoms with E-state index in [1.54, 1.807) is 0 Å². The smallest absolute Gasteiger partial charge is 0.00459 e. The summed E-state index contributed by atoms with van der Waals surface area (Å²) in [4.78, 5) is 0. The third kappa shape index (κ3) is 1.60. The molecule has 0 heteroatoms. The fourth-order valence-electron chi connectivity index (χ4n) is 1.15. The first-order chi connectivity index (χ1) is 4.77. The monoisotopic (exact) mass is 133 g/mol. The molecule has 0 N–H and O–H groups in total. The van der Waals surface area contributed by atoms with E-state index in [-0.39, 0.29) is 5.41 Å². The van der Waals surface area contributed by atoms with Gasteiger partial charge in [-0.15, -0.1) is 6.58 Å². The van der Waals surface area contributed by atoms with E-state index in [2.05, 4.69) is 37.8 Å². The lowest BCUT2D eigenvalue weighted by Crippen LogP contribution is -2.12. The Bertz CT molecular complexity index is 170. The summed E-state index contributed by atoms with van der Waals surface area (Å²) in [6, 6.07) is 0. The predicted molar refractivity (Wildman–Crippen MR) is 45.5 cm³/mol. The molecule has 0 aromatic heterocycles. The second-order valence-corrected chi connectivity index (χ2v) is 2.85. The highest BCUT2D eigenvalue weighted by Crippen LogP contribution is 2.30. The molecule has 0 heterocycles. The Morgan fingerprint density at radius 2 is 2.30 bits per heavy atom. The molecule has 1 radical (unpaired) electrons. The highest BCUT2D eigenvalue weighted by molar-refractivity contribution is 5.18. The Morgan fingerprint density at radius 3 is 2.80 bits per heavy atom. The molecule has 10 heavy (non-hydrogen) atoms. The molecule has 0 fully saturated rings. The lowest BCUT2D eigenvalue weighted by molar-refractivity contribution is 0.498. The summed E-state index contributed by atoms with van der Waals surface area (Å²) >= 11 is 0. The van der Waals surface area contributed by atoms with E-state index in [4.69, 9.17) is 0 Å². The average molecular weight is 133 g/mol. The second-order valence-electron chi connectivity index (χ2n) is 2.85. The van der Waals surface area contributed by atoms with Crippen LogP contribution in [-0.2, 0) is 0 Å². The Labute approximate surface area is 62.9 Å². The van der Waals surface area contributed by atoms with Crippen LogP contribution in [0.15, 0.2) is 37.0 Å². The lowest BCUT2D eigenvalue weighted by Gasteiger charge is -2.24. The van der Waals surface area contributed by atoms with E-state index in [9.17, 15) is 0 Å².